The summed E-state index contributed by atoms with van der Waals surface area (Å²) in [6.07, 6.45) is 6.22. The lowest BCUT2D eigenvalue weighted by atomic mass is 9.95. The van der Waals surface area contributed by atoms with Crippen molar-refractivity contribution in [1.29, 1.82) is 0 Å². The lowest BCUT2D eigenvalue weighted by Crippen LogP contribution is -2.30. The molecule has 1 atom stereocenters. The minimum atomic E-state index is -3.29. The molecule has 5 nitrogen and oxygen atoms in total. The SMILES string of the molecule is CCS(=O)(=O)c1ccc(OC)c(-c2ccc(CN3CCCCCCC3c3ccccc3)[nH]2)c1. The molecule has 33 heavy (non-hydrogen) atoms. The number of likely N-dealkylation sites (tertiary alicyclic amines) is 1. The van der Waals surface area contributed by atoms with Crippen molar-refractivity contribution in [3.05, 3.63) is 71.9 Å². The first-order valence-corrected chi connectivity index (χ1v) is 13.5. The Kier molecular flexibility index (Phi) is 7.56. The standard InChI is InChI=1S/C27H34N2O3S/c1-3-33(30,31)23-15-17-27(32-2)24(19-23)25-16-14-22(28-25)20-29-18-10-5-4-9-13-26(29)21-11-7-6-8-12-21/h6-8,11-12,14-17,19,26,28H,3-5,9-10,13,18,20H2,1-2H3. The average molecular weight is 467 g/mol. The van der Waals surface area contributed by atoms with Crippen molar-refractivity contribution in [3.63, 3.8) is 0 Å². The highest BCUT2D eigenvalue weighted by Gasteiger charge is 2.23. The Labute approximate surface area is 197 Å². The number of nitrogens with zero attached hydrogens (tertiary/aromatic N) is 1. The van der Waals surface area contributed by atoms with Gasteiger partial charge in [-0.05, 0) is 55.3 Å². The molecule has 0 radical (unpaired) electrons. The van der Waals surface area contributed by atoms with Crippen LogP contribution in [-0.2, 0) is 16.4 Å². The summed E-state index contributed by atoms with van der Waals surface area (Å²) in [5.74, 6) is 0.733. The maximum Gasteiger partial charge on any atom is 0.178 e. The zero-order valence-electron chi connectivity index (χ0n) is 19.6. The average Bonchev–Trinajstić information content (AvgIpc) is 3.29. The van der Waals surface area contributed by atoms with Crippen LogP contribution in [0.25, 0.3) is 11.3 Å². The number of H-pyrrole nitrogens is 1. The highest BCUT2D eigenvalue weighted by Crippen LogP contribution is 2.34. The van der Waals surface area contributed by atoms with Crippen LogP contribution in [0.1, 0.15) is 56.3 Å². The summed E-state index contributed by atoms with van der Waals surface area (Å²) in [5.41, 5.74) is 4.14. The Morgan fingerprint density at radius 1 is 1.00 bits per heavy atom. The van der Waals surface area contributed by atoms with Crippen LogP contribution in [-0.4, -0.2) is 37.7 Å². The van der Waals surface area contributed by atoms with Gasteiger partial charge < -0.3 is 9.72 Å². The first kappa shape index (κ1) is 23.6. The van der Waals surface area contributed by atoms with E-state index in [9.17, 15) is 8.42 Å². The molecule has 1 unspecified atom stereocenters. The monoisotopic (exact) mass is 466 g/mol. The van der Waals surface area contributed by atoms with Gasteiger partial charge in [-0.1, -0.05) is 56.5 Å². The Morgan fingerprint density at radius 3 is 2.55 bits per heavy atom. The molecule has 1 aliphatic heterocycles. The van der Waals surface area contributed by atoms with Gasteiger partial charge in [0.05, 0.1) is 17.8 Å². The molecular weight excluding hydrogens is 432 g/mol. The van der Waals surface area contributed by atoms with Crippen molar-refractivity contribution < 1.29 is 13.2 Å². The van der Waals surface area contributed by atoms with Crippen LogP contribution in [0.5, 0.6) is 5.75 Å². The minimum absolute atomic E-state index is 0.0740. The fourth-order valence-electron chi connectivity index (χ4n) is 4.75. The molecule has 2 heterocycles. The van der Waals surface area contributed by atoms with E-state index in [1.807, 2.05) is 6.07 Å². The Bertz CT molecular complexity index is 1160. The number of methoxy groups -OCH3 is 1. The molecule has 4 rings (SSSR count). The molecule has 0 bridgehead atoms. The minimum Gasteiger partial charge on any atom is -0.496 e. The molecule has 1 aromatic heterocycles. The Morgan fingerprint density at radius 2 is 1.79 bits per heavy atom. The summed E-state index contributed by atoms with van der Waals surface area (Å²) >= 11 is 0. The van der Waals surface area contributed by atoms with Gasteiger partial charge in [0.15, 0.2) is 9.84 Å². The molecule has 1 aliphatic rings. The van der Waals surface area contributed by atoms with E-state index in [4.69, 9.17) is 4.74 Å². The number of hydrogen-bond acceptors (Lipinski definition) is 4. The molecular formula is C27H34N2O3S. The molecule has 0 aliphatic carbocycles. The molecule has 0 amide bonds. The fraction of sp³-hybridized carbons (Fsp3) is 0.407. The number of aromatic amines is 1. The quantitative estimate of drug-likeness (QED) is 0.464. The second-order valence-corrected chi connectivity index (χ2v) is 11.0. The van der Waals surface area contributed by atoms with E-state index in [1.165, 1.54) is 37.7 Å². The first-order chi connectivity index (χ1) is 16.0. The lowest BCUT2D eigenvalue weighted by molar-refractivity contribution is 0.159. The van der Waals surface area contributed by atoms with Crippen molar-refractivity contribution in [3.8, 4) is 17.0 Å². The van der Waals surface area contributed by atoms with Crippen LogP contribution in [0.4, 0.5) is 0 Å². The van der Waals surface area contributed by atoms with Gasteiger partial charge in [0.2, 0.25) is 0 Å². The predicted octanol–water partition coefficient (Wildman–Crippen LogP) is 5.99. The van der Waals surface area contributed by atoms with E-state index >= 15 is 0 Å². The molecule has 0 spiro atoms. The highest BCUT2D eigenvalue weighted by atomic mass is 32.2. The summed E-state index contributed by atoms with van der Waals surface area (Å²) in [4.78, 5) is 6.45. The summed E-state index contributed by atoms with van der Waals surface area (Å²) in [5, 5.41) is 0. The fourth-order valence-corrected chi connectivity index (χ4v) is 5.66. The molecule has 3 aromatic rings. The predicted molar refractivity (Wildman–Crippen MR) is 133 cm³/mol. The van der Waals surface area contributed by atoms with Gasteiger partial charge in [-0.15, -0.1) is 0 Å². The van der Waals surface area contributed by atoms with Crippen molar-refractivity contribution >= 4 is 9.84 Å². The normalized spacial score (nSPS) is 17.9. The zero-order chi connectivity index (χ0) is 23.3. The number of rotatable bonds is 7. The van der Waals surface area contributed by atoms with Gasteiger partial charge in [0, 0.05) is 29.5 Å². The van der Waals surface area contributed by atoms with Crippen LogP contribution < -0.4 is 4.74 Å². The van der Waals surface area contributed by atoms with Gasteiger partial charge in [0.25, 0.3) is 0 Å². The van der Waals surface area contributed by atoms with Gasteiger partial charge in [0.1, 0.15) is 5.75 Å². The van der Waals surface area contributed by atoms with E-state index in [1.54, 1.807) is 32.2 Å². The van der Waals surface area contributed by atoms with Crippen LogP contribution >= 0.6 is 0 Å². The lowest BCUT2D eigenvalue weighted by Gasteiger charge is -2.33. The van der Waals surface area contributed by atoms with Crippen molar-refractivity contribution in [2.24, 2.45) is 0 Å². The van der Waals surface area contributed by atoms with Gasteiger partial charge >= 0.3 is 0 Å². The topological polar surface area (TPSA) is 62.4 Å². The van der Waals surface area contributed by atoms with E-state index in [2.05, 4.69) is 46.3 Å². The summed E-state index contributed by atoms with van der Waals surface area (Å²) in [6.45, 7) is 3.56. The van der Waals surface area contributed by atoms with Crippen LogP contribution in [0.2, 0.25) is 0 Å². The molecule has 2 aromatic carbocycles. The highest BCUT2D eigenvalue weighted by molar-refractivity contribution is 7.91. The van der Waals surface area contributed by atoms with Crippen LogP contribution in [0.15, 0.2) is 65.6 Å². The third kappa shape index (κ3) is 5.50. The van der Waals surface area contributed by atoms with Crippen molar-refractivity contribution in [1.82, 2.24) is 9.88 Å². The maximum atomic E-state index is 12.4. The third-order valence-corrected chi connectivity index (χ3v) is 8.35. The van der Waals surface area contributed by atoms with Crippen LogP contribution in [0, 0.1) is 0 Å². The smallest absolute Gasteiger partial charge is 0.178 e. The Balaban J connectivity index is 1.62. The van der Waals surface area contributed by atoms with E-state index < -0.39 is 9.84 Å². The number of nitrogens with one attached hydrogen (secondary N) is 1. The van der Waals surface area contributed by atoms with Gasteiger partial charge in [-0.3, -0.25) is 4.90 Å². The second-order valence-electron chi connectivity index (χ2n) is 8.76. The van der Waals surface area contributed by atoms with Gasteiger partial charge in [-0.25, -0.2) is 8.42 Å². The molecule has 6 heteroatoms. The second kappa shape index (κ2) is 10.6. The van der Waals surface area contributed by atoms with Crippen molar-refractivity contribution in [2.45, 2.75) is 56.5 Å². The molecule has 1 saturated heterocycles. The molecule has 1 N–H and O–H groups in total. The molecule has 176 valence electrons. The summed E-state index contributed by atoms with van der Waals surface area (Å²) in [6, 6.07) is 20.4. The maximum absolute atomic E-state index is 12.4. The van der Waals surface area contributed by atoms with E-state index in [0.29, 0.717) is 16.7 Å². The van der Waals surface area contributed by atoms with Crippen LogP contribution in [0.3, 0.4) is 0 Å². The largest absolute Gasteiger partial charge is 0.496 e. The Hall–Kier alpha value is -2.57. The summed E-state index contributed by atoms with van der Waals surface area (Å²) < 4.78 is 30.4. The van der Waals surface area contributed by atoms with E-state index in [-0.39, 0.29) is 5.75 Å². The zero-order valence-corrected chi connectivity index (χ0v) is 20.4. The number of aromatic nitrogens is 1. The number of ether oxygens (including phenoxy) is 1. The van der Waals surface area contributed by atoms with Crippen molar-refractivity contribution in [2.75, 3.05) is 19.4 Å². The molecule has 0 saturated carbocycles. The van der Waals surface area contributed by atoms with E-state index in [0.717, 1.165) is 30.0 Å². The number of sulfone groups is 1. The number of hydrogen-bond donors (Lipinski definition) is 1. The van der Waals surface area contributed by atoms with Gasteiger partial charge in [-0.2, -0.15) is 0 Å². The third-order valence-electron chi connectivity index (χ3n) is 6.62. The molecule has 1 fully saturated rings. The first-order valence-electron chi connectivity index (χ1n) is 11.9. The number of benzene rings is 2. The summed E-state index contributed by atoms with van der Waals surface area (Å²) in [7, 11) is -1.68.